The number of methoxy groups -OCH3 is 1. The predicted octanol–water partition coefficient (Wildman–Crippen LogP) is 5.92. The van der Waals surface area contributed by atoms with Crippen molar-refractivity contribution in [2.75, 3.05) is 38.2 Å². The van der Waals surface area contributed by atoms with Gasteiger partial charge in [0.2, 0.25) is 0 Å². The monoisotopic (exact) mass is 595 g/mol. The number of ether oxygens (including phenoxy) is 1. The van der Waals surface area contributed by atoms with E-state index in [1.165, 1.54) is 20.0 Å². The number of nitrogens with zero attached hydrogens (tertiary/aromatic N) is 5. The molecule has 2 N–H and O–H groups in total. The number of benzene rings is 1. The van der Waals surface area contributed by atoms with E-state index in [9.17, 15) is 14.6 Å². The molecule has 4 unspecified atom stereocenters. The van der Waals surface area contributed by atoms with Gasteiger partial charge in [0.25, 0.3) is 0 Å². The van der Waals surface area contributed by atoms with Gasteiger partial charge in [-0.25, -0.2) is 8.78 Å². The molecule has 0 radical (unpaired) electrons. The summed E-state index contributed by atoms with van der Waals surface area (Å²) in [5.41, 5.74) is 2.21. The molecule has 4 atom stereocenters. The van der Waals surface area contributed by atoms with Gasteiger partial charge < -0.3 is 19.8 Å². The van der Waals surface area contributed by atoms with Crippen LogP contribution in [0.15, 0.2) is 18.3 Å². The van der Waals surface area contributed by atoms with E-state index in [0.717, 1.165) is 56.2 Å². The van der Waals surface area contributed by atoms with Gasteiger partial charge in [-0.15, -0.1) is 0 Å². The number of aliphatic hydroxyl groups is 1. The summed E-state index contributed by atoms with van der Waals surface area (Å²) in [6.45, 7) is 6.86. The number of aromatic hydroxyl groups is 1. The summed E-state index contributed by atoms with van der Waals surface area (Å²) in [4.78, 5) is 17.6. The third kappa shape index (κ3) is 6.00. The molecule has 10 heteroatoms. The highest BCUT2D eigenvalue weighted by molar-refractivity contribution is 5.92. The van der Waals surface area contributed by atoms with Crippen molar-refractivity contribution in [2.24, 2.45) is 0 Å². The number of pyridine rings is 1. The van der Waals surface area contributed by atoms with Gasteiger partial charge in [0.05, 0.1) is 18.1 Å². The predicted molar refractivity (Wildman–Crippen MR) is 163 cm³/mol. The highest BCUT2D eigenvalue weighted by Crippen LogP contribution is 2.43. The fourth-order valence-electron chi connectivity index (χ4n) is 7.64. The van der Waals surface area contributed by atoms with Crippen LogP contribution in [-0.4, -0.2) is 81.2 Å². The summed E-state index contributed by atoms with van der Waals surface area (Å²) >= 11 is 0. The van der Waals surface area contributed by atoms with E-state index < -0.39 is 17.6 Å². The van der Waals surface area contributed by atoms with Crippen molar-refractivity contribution in [2.45, 2.75) is 95.4 Å². The lowest BCUT2D eigenvalue weighted by molar-refractivity contribution is 0.0447. The largest absolute Gasteiger partial charge is 0.508 e. The maximum Gasteiger partial charge on any atom is 0.318 e. The molecule has 232 valence electrons. The Morgan fingerprint density at radius 3 is 2.72 bits per heavy atom. The molecule has 7 rings (SSSR count). The summed E-state index contributed by atoms with van der Waals surface area (Å²) in [7, 11) is 1.45. The van der Waals surface area contributed by atoms with Crippen LogP contribution in [0.1, 0.15) is 82.3 Å². The first-order valence-electron chi connectivity index (χ1n) is 15.8. The van der Waals surface area contributed by atoms with E-state index in [1.807, 2.05) is 4.90 Å². The first-order valence-corrected chi connectivity index (χ1v) is 15.8. The van der Waals surface area contributed by atoms with E-state index in [2.05, 4.69) is 26.8 Å². The number of fused-ring (bicyclic) bond motifs is 3. The van der Waals surface area contributed by atoms with Gasteiger partial charge in [0, 0.05) is 37.4 Å². The van der Waals surface area contributed by atoms with Crippen molar-refractivity contribution < 1.29 is 23.7 Å². The molecular weight excluding hydrogens is 552 g/mol. The van der Waals surface area contributed by atoms with Gasteiger partial charge in [-0.1, -0.05) is 6.92 Å². The molecule has 1 aliphatic carbocycles. The lowest BCUT2D eigenvalue weighted by Gasteiger charge is -2.37. The fourth-order valence-corrected chi connectivity index (χ4v) is 7.64. The van der Waals surface area contributed by atoms with E-state index in [4.69, 9.17) is 4.74 Å². The smallest absolute Gasteiger partial charge is 0.318 e. The number of alkyl halides is 1. The molecule has 2 aromatic heterocycles. The summed E-state index contributed by atoms with van der Waals surface area (Å²) < 4.78 is 34.1. The number of halogens is 2. The van der Waals surface area contributed by atoms with Crippen molar-refractivity contribution >= 4 is 16.7 Å². The Morgan fingerprint density at radius 2 is 1.98 bits per heavy atom. The van der Waals surface area contributed by atoms with Gasteiger partial charge in [0.15, 0.2) is 5.82 Å². The van der Waals surface area contributed by atoms with E-state index in [0.29, 0.717) is 54.8 Å². The minimum Gasteiger partial charge on any atom is -0.508 e. The van der Waals surface area contributed by atoms with Crippen LogP contribution >= 0.6 is 0 Å². The zero-order chi connectivity index (χ0) is 30.3. The lowest BCUT2D eigenvalue weighted by Crippen LogP contribution is -2.46. The lowest BCUT2D eigenvalue weighted by atomic mass is 9.78. The van der Waals surface area contributed by atoms with Crippen LogP contribution in [-0.2, 0) is 6.42 Å². The SMILES string of the molecule is CCC1CCCc2cc(O)cc(-c3ncc4c(N5CCCC(C)(O)C5)nc(OC)nc4c3F)c21.FC1CC2CCCN2C1. The molecule has 0 spiro atoms. The Labute approximate surface area is 252 Å². The Morgan fingerprint density at radius 1 is 1.14 bits per heavy atom. The summed E-state index contributed by atoms with van der Waals surface area (Å²) in [6, 6.07) is 4.09. The maximum absolute atomic E-state index is 16.1. The van der Waals surface area contributed by atoms with Gasteiger partial charge in [-0.3, -0.25) is 9.88 Å². The van der Waals surface area contributed by atoms with E-state index in [-0.39, 0.29) is 23.0 Å². The minimum atomic E-state index is -0.857. The zero-order valence-electron chi connectivity index (χ0n) is 25.5. The average molecular weight is 596 g/mol. The number of rotatable bonds is 4. The molecule has 43 heavy (non-hydrogen) atoms. The molecule has 1 aromatic carbocycles. The first kappa shape index (κ1) is 29.9. The van der Waals surface area contributed by atoms with Crippen LogP contribution < -0.4 is 9.64 Å². The number of hydrogen-bond acceptors (Lipinski definition) is 8. The van der Waals surface area contributed by atoms with Crippen molar-refractivity contribution in [1.29, 1.82) is 0 Å². The van der Waals surface area contributed by atoms with Crippen molar-refractivity contribution in [1.82, 2.24) is 19.9 Å². The number of phenolic OH excluding ortho intramolecular Hbond substituents is 1. The van der Waals surface area contributed by atoms with E-state index in [1.54, 1.807) is 25.3 Å². The van der Waals surface area contributed by atoms with Crippen LogP contribution in [0.25, 0.3) is 22.2 Å². The standard InChI is InChI=1S/C26H31FN4O3.C7H12FN/c1-4-15-7-5-8-16-11-17(32)12-18(20(15)16)22-21(27)23-19(13-28-22)24(30-25(29-23)34-3)31-10-6-9-26(2,33)14-31;8-6-4-7-2-1-3-9(7)5-6/h11-13,15,32-33H,4-10,14H2,1-3H3;6-7H,1-5H2. The Bertz CT molecular complexity index is 1470. The van der Waals surface area contributed by atoms with Crippen LogP contribution in [0.3, 0.4) is 0 Å². The summed E-state index contributed by atoms with van der Waals surface area (Å²) in [5.74, 6) is 0.353. The molecular formula is C33H43F2N5O3. The molecule has 0 saturated carbocycles. The molecule has 3 saturated heterocycles. The molecule has 3 fully saturated rings. The first-order chi connectivity index (χ1) is 20.7. The van der Waals surface area contributed by atoms with Crippen molar-refractivity contribution in [3.63, 3.8) is 0 Å². The molecule has 3 aliphatic heterocycles. The van der Waals surface area contributed by atoms with Crippen molar-refractivity contribution in [3.8, 4) is 23.0 Å². The normalized spacial score (nSPS) is 27.0. The van der Waals surface area contributed by atoms with Crippen LogP contribution in [0.4, 0.5) is 14.6 Å². The van der Waals surface area contributed by atoms with Crippen LogP contribution in [0, 0.1) is 5.82 Å². The molecule has 0 amide bonds. The van der Waals surface area contributed by atoms with Gasteiger partial charge in [-0.2, -0.15) is 9.97 Å². The van der Waals surface area contributed by atoms with E-state index >= 15 is 4.39 Å². The number of aromatic nitrogens is 3. The Hall–Kier alpha value is -3.11. The third-order valence-corrected chi connectivity index (χ3v) is 9.67. The average Bonchev–Trinajstić information content (AvgIpc) is 3.57. The summed E-state index contributed by atoms with van der Waals surface area (Å²) in [6.07, 6.45) is 9.79. The molecule has 3 aromatic rings. The van der Waals surface area contributed by atoms with Crippen LogP contribution in [0.2, 0.25) is 0 Å². The van der Waals surface area contributed by atoms with Gasteiger partial charge >= 0.3 is 6.01 Å². The Balaban J connectivity index is 0.000000310. The highest BCUT2D eigenvalue weighted by atomic mass is 19.1. The maximum atomic E-state index is 16.1. The highest BCUT2D eigenvalue weighted by Gasteiger charge is 2.35. The minimum absolute atomic E-state index is 0.0631. The quantitative estimate of drug-likeness (QED) is 0.384. The van der Waals surface area contributed by atoms with Gasteiger partial charge in [-0.05, 0) is 100 Å². The van der Waals surface area contributed by atoms with Crippen LogP contribution in [0.5, 0.6) is 11.8 Å². The second kappa shape index (κ2) is 12.1. The molecule has 5 heterocycles. The summed E-state index contributed by atoms with van der Waals surface area (Å²) in [5, 5.41) is 21.5. The number of aryl methyl sites for hydroxylation is 1. The number of phenols is 1. The second-order valence-corrected chi connectivity index (χ2v) is 12.9. The topological polar surface area (TPSA) is 94.8 Å². The second-order valence-electron chi connectivity index (χ2n) is 12.9. The van der Waals surface area contributed by atoms with Crippen molar-refractivity contribution in [3.05, 3.63) is 35.3 Å². The number of piperidine rings is 1. The molecule has 4 aliphatic rings. The third-order valence-electron chi connectivity index (χ3n) is 9.67. The number of hydrogen-bond donors (Lipinski definition) is 2. The Kier molecular flexibility index (Phi) is 8.43. The van der Waals surface area contributed by atoms with Gasteiger partial charge in [0.1, 0.15) is 28.9 Å². The molecule has 8 nitrogen and oxygen atoms in total. The fraction of sp³-hybridized carbons (Fsp3) is 0.606. The zero-order valence-corrected chi connectivity index (χ0v) is 25.5. The number of β-amino-alcohol motifs (C(OH)–C–C–N with tert-alkyl or cyclic N) is 1. The molecule has 0 bridgehead atoms. The number of anilines is 1.